The van der Waals surface area contributed by atoms with Crippen LogP contribution in [0.4, 0.5) is 0 Å². The summed E-state index contributed by atoms with van der Waals surface area (Å²) < 4.78 is 0. The molecule has 1 heterocycles. The molecule has 1 unspecified atom stereocenters. The van der Waals surface area contributed by atoms with Crippen LogP contribution < -0.4 is 0 Å². The van der Waals surface area contributed by atoms with Crippen LogP contribution in [0.25, 0.3) is 0 Å². The van der Waals surface area contributed by atoms with E-state index in [1.54, 1.807) is 11.8 Å². The third kappa shape index (κ3) is 3.62. The Bertz CT molecular complexity index is 314. The van der Waals surface area contributed by atoms with Crippen molar-refractivity contribution < 1.29 is 14.7 Å². The van der Waals surface area contributed by atoms with E-state index < -0.39 is 5.97 Å². The molecule has 4 heteroatoms. The first-order chi connectivity index (χ1) is 7.13. The van der Waals surface area contributed by atoms with Gasteiger partial charge < -0.3 is 10.0 Å². The summed E-state index contributed by atoms with van der Waals surface area (Å²) in [5.74, 6) is 4.48. The fourth-order valence-corrected chi connectivity index (χ4v) is 1.77. The molecule has 0 aliphatic carbocycles. The van der Waals surface area contributed by atoms with Crippen molar-refractivity contribution in [2.75, 3.05) is 13.1 Å². The molecule has 82 valence electrons. The Morgan fingerprint density at radius 1 is 1.53 bits per heavy atom. The molecule has 0 spiro atoms. The predicted octanol–water partition coefficient (Wildman–Crippen LogP) is 0.723. The lowest BCUT2D eigenvalue weighted by atomic mass is 10.0. The van der Waals surface area contributed by atoms with E-state index in [9.17, 15) is 9.59 Å². The summed E-state index contributed by atoms with van der Waals surface area (Å²) in [5, 5.41) is 8.53. The standard InChI is InChI=1S/C11H15NO3/c1-2-3-10(13)12-7-6-9(8-12)4-5-11(14)15/h9H,4-8H2,1H3,(H,14,15). The molecule has 0 aromatic heterocycles. The van der Waals surface area contributed by atoms with Gasteiger partial charge in [-0.3, -0.25) is 9.59 Å². The minimum absolute atomic E-state index is 0.143. The zero-order chi connectivity index (χ0) is 11.3. The lowest BCUT2D eigenvalue weighted by Crippen LogP contribution is -2.27. The number of hydrogen-bond donors (Lipinski definition) is 1. The molecule has 0 bridgehead atoms. The Morgan fingerprint density at radius 2 is 2.27 bits per heavy atom. The highest BCUT2D eigenvalue weighted by molar-refractivity contribution is 5.93. The van der Waals surface area contributed by atoms with Crippen molar-refractivity contribution in [2.24, 2.45) is 5.92 Å². The number of carbonyl (C=O) groups excluding carboxylic acids is 1. The van der Waals surface area contributed by atoms with E-state index in [1.165, 1.54) is 0 Å². The molecule has 0 radical (unpaired) electrons. The van der Waals surface area contributed by atoms with Crippen LogP contribution >= 0.6 is 0 Å². The number of hydrogen-bond acceptors (Lipinski definition) is 2. The predicted molar refractivity (Wildman–Crippen MR) is 55.0 cm³/mol. The number of carboxylic acids is 1. The molecule has 1 saturated heterocycles. The highest BCUT2D eigenvalue weighted by atomic mass is 16.4. The Kier molecular flexibility index (Phi) is 4.17. The van der Waals surface area contributed by atoms with E-state index in [-0.39, 0.29) is 12.3 Å². The third-order valence-electron chi connectivity index (χ3n) is 2.57. The minimum atomic E-state index is -0.770. The highest BCUT2D eigenvalue weighted by Gasteiger charge is 2.25. The lowest BCUT2D eigenvalue weighted by molar-refractivity contribution is -0.137. The SMILES string of the molecule is CC#CC(=O)N1CCC(CCC(=O)O)C1. The molecule has 15 heavy (non-hydrogen) atoms. The molecule has 4 nitrogen and oxygen atoms in total. The summed E-state index contributed by atoms with van der Waals surface area (Å²) in [4.78, 5) is 23.4. The van der Waals surface area contributed by atoms with Gasteiger partial charge in [0.05, 0.1) is 0 Å². The average Bonchev–Trinajstić information content (AvgIpc) is 2.63. The Hall–Kier alpha value is -1.50. The Morgan fingerprint density at radius 3 is 2.87 bits per heavy atom. The first kappa shape index (κ1) is 11.6. The van der Waals surface area contributed by atoms with Gasteiger partial charge >= 0.3 is 5.97 Å². The van der Waals surface area contributed by atoms with Crippen molar-refractivity contribution in [1.29, 1.82) is 0 Å². The van der Waals surface area contributed by atoms with Gasteiger partial charge in [-0.1, -0.05) is 5.92 Å². The second-order valence-corrected chi connectivity index (χ2v) is 3.71. The number of likely N-dealkylation sites (tertiary alicyclic amines) is 1. The van der Waals surface area contributed by atoms with Gasteiger partial charge in [0, 0.05) is 19.5 Å². The van der Waals surface area contributed by atoms with E-state index in [1.807, 2.05) is 0 Å². The fourth-order valence-electron chi connectivity index (χ4n) is 1.77. The van der Waals surface area contributed by atoms with Gasteiger partial charge in [-0.05, 0) is 31.6 Å². The van der Waals surface area contributed by atoms with Gasteiger partial charge in [-0.2, -0.15) is 0 Å². The molecule has 1 aliphatic rings. The maximum Gasteiger partial charge on any atom is 0.303 e. The van der Waals surface area contributed by atoms with Crippen LogP contribution in [-0.4, -0.2) is 35.0 Å². The van der Waals surface area contributed by atoms with Crippen molar-refractivity contribution in [3.8, 4) is 11.8 Å². The Labute approximate surface area is 89.3 Å². The summed E-state index contributed by atoms with van der Waals surface area (Å²) in [7, 11) is 0. The van der Waals surface area contributed by atoms with Gasteiger partial charge in [-0.25, -0.2) is 0 Å². The topological polar surface area (TPSA) is 57.6 Å². The molecule has 1 aliphatic heterocycles. The minimum Gasteiger partial charge on any atom is -0.481 e. The van der Waals surface area contributed by atoms with E-state index in [2.05, 4.69) is 11.8 Å². The van der Waals surface area contributed by atoms with Crippen LogP contribution in [0, 0.1) is 17.8 Å². The maximum absolute atomic E-state index is 11.4. The van der Waals surface area contributed by atoms with Crippen molar-refractivity contribution in [3.63, 3.8) is 0 Å². The quantitative estimate of drug-likeness (QED) is 0.697. The summed E-state index contributed by atoms with van der Waals surface area (Å²) in [5.41, 5.74) is 0. The first-order valence-electron chi connectivity index (χ1n) is 5.07. The van der Waals surface area contributed by atoms with Crippen LogP contribution in [0.5, 0.6) is 0 Å². The van der Waals surface area contributed by atoms with Gasteiger partial charge in [0.1, 0.15) is 0 Å². The monoisotopic (exact) mass is 209 g/mol. The van der Waals surface area contributed by atoms with Crippen molar-refractivity contribution >= 4 is 11.9 Å². The van der Waals surface area contributed by atoms with Crippen LogP contribution in [0.2, 0.25) is 0 Å². The molecular formula is C11H15NO3. The molecule has 1 fully saturated rings. The van der Waals surface area contributed by atoms with E-state index >= 15 is 0 Å². The zero-order valence-electron chi connectivity index (χ0n) is 8.82. The molecule has 0 aromatic carbocycles. The smallest absolute Gasteiger partial charge is 0.303 e. The molecule has 1 amide bonds. The molecule has 0 aromatic rings. The van der Waals surface area contributed by atoms with Gasteiger partial charge in [0.15, 0.2) is 0 Å². The molecule has 1 atom stereocenters. The number of carboxylic acid groups (broad SMARTS) is 1. The van der Waals surface area contributed by atoms with Crippen molar-refractivity contribution in [2.45, 2.75) is 26.2 Å². The lowest BCUT2D eigenvalue weighted by Gasteiger charge is -2.12. The average molecular weight is 209 g/mol. The summed E-state index contributed by atoms with van der Waals surface area (Å²) in [6.45, 7) is 2.99. The highest BCUT2D eigenvalue weighted by Crippen LogP contribution is 2.20. The van der Waals surface area contributed by atoms with Gasteiger partial charge in [0.2, 0.25) is 0 Å². The van der Waals surface area contributed by atoms with Crippen LogP contribution in [0.3, 0.4) is 0 Å². The summed E-state index contributed by atoms with van der Waals surface area (Å²) in [6, 6.07) is 0. The Balaban J connectivity index is 2.34. The second-order valence-electron chi connectivity index (χ2n) is 3.71. The molecular weight excluding hydrogens is 194 g/mol. The largest absolute Gasteiger partial charge is 0.481 e. The summed E-state index contributed by atoms with van der Waals surface area (Å²) in [6.07, 6.45) is 1.73. The number of aliphatic carboxylic acids is 1. The molecule has 1 rings (SSSR count). The first-order valence-corrected chi connectivity index (χ1v) is 5.07. The van der Waals surface area contributed by atoms with Crippen LogP contribution in [-0.2, 0) is 9.59 Å². The third-order valence-corrected chi connectivity index (χ3v) is 2.57. The maximum atomic E-state index is 11.4. The molecule has 0 saturated carbocycles. The number of amides is 1. The zero-order valence-corrected chi connectivity index (χ0v) is 8.82. The van der Waals surface area contributed by atoms with Crippen molar-refractivity contribution in [1.82, 2.24) is 4.90 Å². The fraction of sp³-hybridized carbons (Fsp3) is 0.636. The molecule has 1 N–H and O–H groups in total. The normalized spacial score (nSPS) is 19.5. The van der Waals surface area contributed by atoms with Crippen LogP contribution in [0.1, 0.15) is 26.2 Å². The summed E-state index contributed by atoms with van der Waals surface area (Å²) >= 11 is 0. The van der Waals surface area contributed by atoms with E-state index in [0.717, 1.165) is 6.42 Å². The number of nitrogens with zero attached hydrogens (tertiary/aromatic N) is 1. The van der Waals surface area contributed by atoms with Crippen LogP contribution in [0.15, 0.2) is 0 Å². The van der Waals surface area contributed by atoms with E-state index in [0.29, 0.717) is 25.4 Å². The van der Waals surface area contributed by atoms with Crippen molar-refractivity contribution in [3.05, 3.63) is 0 Å². The van der Waals surface area contributed by atoms with Gasteiger partial charge in [-0.15, -0.1) is 0 Å². The number of carbonyl (C=O) groups is 2. The van der Waals surface area contributed by atoms with E-state index in [4.69, 9.17) is 5.11 Å². The van der Waals surface area contributed by atoms with Gasteiger partial charge in [0.25, 0.3) is 5.91 Å². The second kappa shape index (κ2) is 5.40. The number of rotatable bonds is 3.